The fraction of sp³-hybridized carbons (Fsp3) is 1.00. The summed E-state index contributed by atoms with van der Waals surface area (Å²) in [7, 11) is -0.270. The Morgan fingerprint density at radius 3 is 2.72 bits per heavy atom. The zero-order valence-electron chi connectivity index (χ0n) is 11.5. The Bertz CT molecular complexity index is 347. The third-order valence-corrected chi connectivity index (χ3v) is 5.70. The predicted molar refractivity (Wildman–Crippen MR) is 71.4 cm³/mol. The maximum atomic E-state index is 12.5. The SMILES string of the molecule is COCC(C)N(C)S(=O)(=O)N1CCCCC1CN. The fourth-order valence-corrected chi connectivity index (χ4v) is 4.03. The molecule has 0 bridgehead atoms. The smallest absolute Gasteiger partial charge is 0.282 e. The van der Waals surface area contributed by atoms with Crippen LogP contribution in [0.4, 0.5) is 0 Å². The third-order valence-electron chi connectivity index (χ3n) is 3.53. The van der Waals surface area contributed by atoms with Gasteiger partial charge in [-0.05, 0) is 19.8 Å². The van der Waals surface area contributed by atoms with Crippen molar-refractivity contribution in [1.29, 1.82) is 0 Å². The maximum Gasteiger partial charge on any atom is 0.282 e. The van der Waals surface area contributed by atoms with Crippen LogP contribution in [0.1, 0.15) is 26.2 Å². The molecule has 1 saturated heterocycles. The van der Waals surface area contributed by atoms with Crippen LogP contribution in [-0.2, 0) is 14.9 Å². The van der Waals surface area contributed by atoms with Crippen LogP contribution in [-0.4, -0.2) is 63.0 Å². The van der Waals surface area contributed by atoms with Crippen molar-refractivity contribution in [2.24, 2.45) is 5.73 Å². The van der Waals surface area contributed by atoms with Crippen molar-refractivity contribution >= 4 is 10.2 Å². The number of rotatable bonds is 6. The normalized spacial score (nSPS) is 24.4. The Balaban J connectivity index is 2.83. The number of nitrogens with zero attached hydrogens (tertiary/aromatic N) is 2. The van der Waals surface area contributed by atoms with Gasteiger partial charge in [0.2, 0.25) is 0 Å². The van der Waals surface area contributed by atoms with Crippen molar-refractivity contribution in [2.45, 2.75) is 38.3 Å². The summed E-state index contributed by atoms with van der Waals surface area (Å²) in [5.41, 5.74) is 5.68. The van der Waals surface area contributed by atoms with Crippen molar-refractivity contribution in [3.63, 3.8) is 0 Å². The van der Waals surface area contributed by atoms with Crippen LogP contribution < -0.4 is 5.73 Å². The van der Waals surface area contributed by atoms with E-state index in [-0.39, 0.29) is 12.1 Å². The molecule has 1 aliphatic heterocycles. The zero-order chi connectivity index (χ0) is 13.8. The molecule has 2 N–H and O–H groups in total. The minimum absolute atomic E-state index is 0.0686. The summed E-state index contributed by atoms with van der Waals surface area (Å²) in [5, 5.41) is 0. The maximum absolute atomic E-state index is 12.5. The van der Waals surface area contributed by atoms with Crippen molar-refractivity contribution in [3.05, 3.63) is 0 Å². The van der Waals surface area contributed by atoms with E-state index in [4.69, 9.17) is 10.5 Å². The molecule has 1 heterocycles. The Labute approximate surface area is 110 Å². The monoisotopic (exact) mass is 279 g/mol. The molecule has 6 nitrogen and oxygen atoms in total. The van der Waals surface area contributed by atoms with E-state index >= 15 is 0 Å². The number of piperidine rings is 1. The summed E-state index contributed by atoms with van der Waals surface area (Å²) in [6, 6.07) is -0.249. The highest BCUT2D eigenvalue weighted by Crippen LogP contribution is 2.22. The van der Waals surface area contributed by atoms with Crippen LogP contribution in [0.15, 0.2) is 0 Å². The van der Waals surface area contributed by atoms with Gasteiger partial charge in [-0.1, -0.05) is 6.42 Å². The fourth-order valence-electron chi connectivity index (χ4n) is 2.25. The summed E-state index contributed by atoms with van der Waals surface area (Å²) in [6.07, 6.45) is 2.80. The van der Waals surface area contributed by atoms with Gasteiger partial charge in [-0.3, -0.25) is 0 Å². The number of ether oxygens (including phenoxy) is 1. The molecule has 0 amide bonds. The van der Waals surface area contributed by atoms with E-state index in [0.29, 0.717) is 19.7 Å². The Morgan fingerprint density at radius 1 is 1.50 bits per heavy atom. The average molecular weight is 279 g/mol. The molecule has 18 heavy (non-hydrogen) atoms. The molecular formula is C11H25N3O3S. The lowest BCUT2D eigenvalue weighted by Gasteiger charge is -2.37. The second-order valence-electron chi connectivity index (χ2n) is 4.82. The van der Waals surface area contributed by atoms with Gasteiger partial charge in [0.15, 0.2) is 0 Å². The molecule has 1 rings (SSSR count). The first-order valence-corrected chi connectivity index (χ1v) is 7.78. The van der Waals surface area contributed by atoms with E-state index in [1.165, 1.54) is 4.31 Å². The van der Waals surface area contributed by atoms with Gasteiger partial charge in [0, 0.05) is 39.3 Å². The Hall–Kier alpha value is -0.210. The highest BCUT2D eigenvalue weighted by molar-refractivity contribution is 7.86. The first kappa shape index (κ1) is 15.8. The first-order valence-electron chi connectivity index (χ1n) is 6.39. The molecule has 0 aromatic heterocycles. The molecule has 2 atom stereocenters. The molecule has 1 fully saturated rings. The van der Waals surface area contributed by atoms with Crippen LogP contribution in [0.2, 0.25) is 0 Å². The summed E-state index contributed by atoms with van der Waals surface area (Å²) in [5.74, 6) is 0. The first-order chi connectivity index (χ1) is 8.45. The lowest BCUT2D eigenvalue weighted by molar-refractivity contribution is 0.142. The molecule has 108 valence electrons. The molecule has 0 aromatic rings. The van der Waals surface area contributed by atoms with Crippen LogP contribution in [0.25, 0.3) is 0 Å². The minimum Gasteiger partial charge on any atom is -0.383 e. The lowest BCUT2D eigenvalue weighted by atomic mass is 10.1. The molecule has 0 aromatic carbocycles. The second kappa shape index (κ2) is 6.81. The van der Waals surface area contributed by atoms with Gasteiger partial charge in [-0.15, -0.1) is 0 Å². The van der Waals surface area contributed by atoms with Crippen LogP contribution in [0.3, 0.4) is 0 Å². The van der Waals surface area contributed by atoms with Crippen molar-refractivity contribution < 1.29 is 13.2 Å². The van der Waals surface area contributed by atoms with Gasteiger partial charge >= 0.3 is 0 Å². The molecular weight excluding hydrogens is 254 g/mol. The molecule has 2 unspecified atom stereocenters. The Morgan fingerprint density at radius 2 is 2.17 bits per heavy atom. The summed E-state index contributed by atoms with van der Waals surface area (Å²) in [6.45, 7) is 3.17. The van der Waals surface area contributed by atoms with Gasteiger partial charge < -0.3 is 10.5 Å². The number of methoxy groups -OCH3 is 1. The van der Waals surface area contributed by atoms with E-state index in [1.807, 2.05) is 6.92 Å². The van der Waals surface area contributed by atoms with Crippen LogP contribution in [0, 0.1) is 0 Å². The molecule has 0 aliphatic carbocycles. The van der Waals surface area contributed by atoms with E-state index in [2.05, 4.69) is 0 Å². The number of likely N-dealkylation sites (N-methyl/N-ethyl adjacent to an activating group) is 1. The predicted octanol–water partition coefficient (Wildman–Crippen LogP) is 0.0111. The van der Waals surface area contributed by atoms with Gasteiger partial charge in [0.05, 0.1) is 6.61 Å². The minimum atomic E-state index is -3.44. The van der Waals surface area contributed by atoms with Crippen molar-refractivity contribution in [3.8, 4) is 0 Å². The van der Waals surface area contributed by atoms with E-state index < -0.39 is 10.2 Å². The second-order valence-corrected chi connectivity index (χ2v) is 6.77. The summed E-state index contributed by atoms with van der Waals surface area (Å²) < 4.78 is 33.0. The average Bonchev–Trinajstić information content (AvgIpc) is 2.38. The van der Waals surface area contributed by atoms with Gasteiger partial charge in [-0.25, -0.2) is 0 Å². The van der Waals surface area contributed by atoms with Gasteiger partial charge in [0.25, 0.3) is 10.2 Å². The van der Waals surface area contributed by atoms with Crippen LogP contribution >= 0.6 is 0 Å². The number of hydrogen-bond acceptors (Lipinski definition) is 4. The van der Waals surface area contributed by atoms with E-state index in [1.54, 1.807) is 18.5 Å². The van der Waals surface area contributed by atoms with Gasteiger partial charge in [0.1, 0.15) is 0 Å². The number of nitrogens with two attached hydrogens (primary N) is 1. The molecule has 1 aliphatic rings. The highest BCUT2D eigenvalue weighted by Gasteiger charge is 2.35. The largest absolute Gasteiger partial charge is 0.383 e. The van der Waals surface area contributed by atoms with Crippen molar-refractivity contribution in [2.75, 3.05) is 33.9 Å². The summed E-state index contributed by atoms with van der Waals surface area (Å²) >= 11 is 0. The third kappa shape index (κ3) is 3.42. The number of hydrogen-bond donors (Lipinski definition) is 1. The van der Waals surface area contributed by atoms with Crippen molar-refractivity contribution in [1.82, 2.24) is 8.61 Å². The van der Waals surface area contributed by atoms with E-state index in [9.17, 15) is 8.42 Å². The Kier molecular flexibility index (Phi) is 6.00. The van der Waals surface area contributed by atoms with Gasteiger partial charge in [-0.2, -0.15) is 17.0 Å². The zero-order valence-corrected chi connectivity index (χ0v) is 12.3. The lowest BCUT2D eigenvalue weighted by Crippen LogP contribution is -2.54. The molecule has 0 radical (unpaired) electrons. The molecule has 7 heteroatoms. The molecule has 0 spiro atoms. The summed E-state index contributed by atoms with van der Waals surface area (Å²) in [4.78, 5) is 0. The quantitative estimate of drug-likeness (QED) is 0.743. The highest BCUT2D eigenvalue weighted by atomic mass is 32.2. The topological polar surface area (TPSA) is 75.9 Å². The molecule has 0 saturated carbocycles. The van der Waals surface area contributed by atoms with Crippen LogP contribution in [0.5, 0.6) is 0 Å². The standard InChI is InChI=1S/C11H25N3O3S/c1-10(9-17-3)13(2)18(15,16)14-7-5-4-6-11(14)8-12/h10-11H,4-9,12H2,1-3H3. The van der Waals surface area contributed by atoms with E-state index in [0.717, 1.165) is 19.3 Å².